The Morgan fingerprint density at radius 3 is 2.83 bits per heavy atom. The molecule has 0 aromatic rings. The molecule has 1 rings (SSSR count). The molecule has 0 saturated carbocycles. The maximum atomic E-state index is 10.3. The molecule has 1 heterocycles. The third-order valence-corrected chi connectivity index (χ3v) is 2.98. The summed E-state index contributed by atoms with van der Waals surface area (Å²) in [6.45, 7) is 9.73. The summed E-state index contributed by atoms with van der Waals surface area (Å²) in [4.78, 5) is 0. The maximum absolute atomic E-state index is 10.3. The Kier molecular flexibility index (Phi) is 2.91. The predicted octanol–water partition coefficient (Wildman–Crippen LogP) is 1.31. The molecule has 0 radical (unpaired) electrons. The van der Waals surface area contributed by atoms with Crippen molar-refractivity contribution in [3.05, 3.63) is 12.2 Å². The van der Waals surface area contributed by atoms with Gasteiger partial charge in [0.2, 0.25) is 0 Å². The summed E-state index contributed by atoms with van der Waals surface area (Å²) < 4.78 is 0. The van der Waals surface area contributed by atoms with Crippen LogP contribution in [0.4, 0.5) is 0 Å². The van der Waals surface area contributed by atoms with Crippen LogP contribution < -0.4 is 5.32 Å². The van der Waals surface area contributed by atoms with E-state index in [1.54, 1.807) is 0 Å². The molecule has 70 valence electrons. The third kappa shape index (κ3) is 1.54. The first-order valence-corrected chi connectivity index (χ1v) is 4.70. The molecule has 0 aromatic carbocycles. The molecule has 2 atom stereocenters. The summed E-state index contributed by atoms with van der Waals surface area (Å²) in [7, 11) is 0. The Labute approximate surface area is 74.7 Å². The van der Waals surface area contributed by atoms with E-state index in [0.717, 1.165) is 31.5 Å². The van der Waals surface area contributed by atoms with Crippen molar-refractivity contribution in [2.45, 2.75) is 32.3 Å². The Balaban J connectivity index is 2.75. The minimum Gasteiger partial charge on any atom is -0.385 e. The summed E-state index contributed by atoms with van der Waals surface area (Å²) in [6, 6.07) is 0. The molecule has 1 aliphatic heterocycles. The minimum atomic E-state index is -0.611. The lowest BCUT2D eigenvalue weighted by Gasteiger charge is -2.40. The van der Waals surface area contributed by atoms with E-state index in [-0.39, 0.29) is 0 Å². The van der Waals surface area contributed by atoms with E-state index in [2.05, 4.69) is 18.8 Å². The summed E-state index contributed by atoms with van der Waals surface area (Å²) in [5.74, 6) is 0.337. The van der Waals surface area contributed by atoms with Crippen LogP contribution in [0.5, 0.6) is 0 Å². The minimum absolute atomic E-state index is 0.337. The van der Waals surface area contributed by atoms with Crippen molar-refractivity contribution in [1.29, 1.82) is 0 Å². The van der Waals surface area contributed by atoms with E-state index in [9.17, 15) is 5.11 Å². The topological polar surface area (TPSA) is 32.3 Å². The van der Waals surface area contributed by atoms with Crippen LogP contribution in [0, 0.1) is 5.92 Å². The molecule has 0 amide bonds. The monoisotopic (exact) mass is 169 g/mol. The van der Waals surface area contributed by atoms with Gasteiger partial charge >= 0.3 is 0 Å². The highest BCUT2D eigenvalue weighted by molar-refractivity contribution is 5.14. The number of hydrogen-bond donors (Lipinski definition) is 2. The molecular weight excluding hydrogens is 150 g/mol. The van der Waals surface area contributed by atoms with Gasteiger partial charge in [0.1, 0.15) is 0 Å². The number of aliphatic hydroxyl groups is 1. The highest BCUT2D eigenvalue weighted by atomic mass is 16.3. The summed E-state index contributed by atoms with van der Waals surface area (Å²) in [5.41, 5.74) is 0.302. The first-order chi connectivity index (χ1) is 5.61. The quantitative estimate of drug-likeness (QED) is 0.611. The second kappa shape index (κ2) is 3.58. The average Bonchev–Trinajstić information content (AvgIpc) is 2.05. The van der Waals surface area contributed by atoms with Gasteiger partial charge in [0.05, 0.1) is 5.60 Å². The molecule has 0 aromatic heterocycles. The van der Waals surface area contributed by atoms with Crippen LogP contribution in [0.25, 0.3) is 0 Å². The third-order valence-electron chi connectivity index (χ3n) is 2.98. The SMILES string of the molecule is C=C(C)C1(O)CCNCC1CC. The van der Waals surface area contributed by atoms with E-state index in [0.29, 0.717) is 5.92 Å². The second-order valence-corrected chi connectivity index (χ2v) is 3.76. The zero-order chi connectivity index (χ0) is 9.19. The highest BCUT2D eigenvalue weighted by Gasteiger charge is 2.38. The van der Waals surface area contributed by atoms with Gasteiger partial charge in [-0.25, -0.2) is 0 Å². The van der Waals surface area contributed by atoms with Crippen molar-refractivity contribution in [2.24, 2.45) is 5.92 Å². The molecule has 2 N–H and O–H groups in total. The van der Waals surface area contributed by atoms with Gasteiger partial charge in [-0.15, -0.1) is 0 Å². The molecule has 0 bridgehead atoms. The zero-order valence-corrected chi connectivity index (χ0v) is 8.06. The van der Waals surface area contributed by atoms with Crippen LogP contribution >= 0.6 is 0 Å². The molecule has 2 unspecified atom stereocenters. The van der Waals surface area contributed by atoms with Crippen molar-refractivity contribution < 1.29 is 5.11 Å². The lowest BCUT2D eigenvalue weighted by atomic mass is 9.76. The van der Waals surface area contributed by atoms with Gasteiger partial charge < -0.3 is 10.4 Å². The molecule has 2 nitrogen and oxygen atoms in total. The van der Waals surface area contributed by atoms with Gasteiger partial charge in [-0.1, -0.05) is 13.5 Å². The smallest absolute Gasteiger partial charge is 0.0903 e. The maximum Gasteiger partial charge on any atom is 0.0903 e. The molecule has 2 heteroatoms. The van der Waals surface area contributed by atoms with E-state index in [4.69, 9.17) is 0 Å². The van der Waals surface area contributed by atoms with Crippen molar-refractivity contribution in [3.63, 3.8) is 0 Å². The normalized spacial score (nSPS) is 36.4. The lowest BCUT2D eigenvalue weighted by molar-refractivity contribution is -0.00816. The van der Waals surface area contributed by atoms with Crippen molar-refractivity contribution in [2.75, 3.05) is 13.1 Å². The van der Waals surface area contributed by atoms with Crippen molar-refractivity contribution in [3.8, 4) is 0 Å². The fraction of sp³-hybridized carbons (Fsp3) is 0.800. The average molecular weight is 169 g/mol. The summed E-state index contributed by atoms with van der Waals surface area (Å²) >= 11 is 0. The fourth-order valence-electron chi connectivity index (χ4n) is 1.97. The first-order valence-electron chi connectivity index (χ1n) is 4.70. The predicted molar refractivity (Wildman–Crippen MR) is 51.0 cm³/mol. The van der Waals surface area contributed by atoms with Gasteiger partial charge in [0, 0.05) is 12.5 Å². The van der Waals surface area contributed by atoms with Gasteiger partial charge in [0.15, 0.2) is 0 Å². The highest BCUT2D eigenvalue weighted by Crippen LogP contribution is 2.32. The van der Waals surface area contributed by atoms with Crippen LogP contribution in [0.15, 0.2) is 12.2 Å². The van der Waals surface area contributed by atoms with Crippen molar-refractivity contribution in [1.82, 2.24) is 5.32 Å². The van der Waals surface area contributed by atoms with E-state index in [1.807, 2.05) is 6.92 Å². The van der Waals surface area contributed by atoms with E-state index >= 15 is 0 Å². The standard InChI is InChI=1S/C10H19NO/c1-4-9-7-11-6-5-10(9,12)8(2)3/h9,11-12H,2,4-7H2,1,3H3. The fourth-order valence-corrected chi connectivity index (χ4v) is 1.97. The van der Waals surface area contributed by atoms with Crippen molar-refractivity contribution >= 4 is 0 Å². The van der Waals surface area contributed by atoms with E-state index < -0.39 is 5.60 Å². The lowest BCUT2D eigenvalue weighted by Crippen LogP contribution is -2.50. The molecule has 1 saturated heterocycles. The molecular formula is C10H19NO. The number of rotatable bonds is 2. The Morgan fingerprint density at radius 2 is 2.42 bits per heavy atom. The summed E-state index contributed by atoms with van der Waals surface area (Å²) in [5, 5.41) is 13.6. The zero-order valence-electron chi connectivity index (χ0n) is 8.06. The first kappa shape index (κ1) is 9.75. The Hall–Kier alpha value is -0.340. The van der Waals surface area contributed by atoms with Gasteiger partial charge in [-0.05, 0) is 31.9 Å². The molecule has 12 heavy (non-hydrogen) atoms. The summed E-state index contributed by atoms with van der Waals surface area (Å²) in [6.07, 6.45) is 1.82. The van der Waals surface area contributed by atoms with Gasteiger partial charge in [0.25, 0.3) is 0 Å². The molecule has 1 aliphatic rings. The van der Waals surface area contributed by atoms with Gasteiger partial charge in [-0.3, -0.25) is 0 Å². The number of nitrogens with one attached hydrogen (secondary N) is 1. The molecule has 0 spiro atoms. The van der Waals surface area contributed by atoms with Crippen LogP contribution in [0.1, 0.15) is 26.7 Å². The largest absolute Gasteiger partial charge is 0.385 e. The van der Waals surface area contributed by atoms with Crippen LogP contribution in [-0.2, 0) is 0 Å². The van der Waals surface area contributed by atoms with Crippen LogP contribution in [0.3, 0.4) is 0 Å². The number of hydrogen-bond acceptors (Lipinski definition) is 2. The second-order valence-electron chi connectivity index (χ2n) is 3.76. The Morgan fingerprint density at radius 1 is 1.75 bits per heavy atom. The van der Waals surface area contributed by atoms with E-state index in [1.165, 1.54) is 0 Å². The van der Waals surface area contributed by atoms with Crippen LogP contribution in [-0.4, -0.2) is 23.8 Å². The molecule has 1 fully saturated rings. The van der Waals surface area contributed by atoms with Crippen LogP contribution in [0.2, 0.25) is 0 Å². The van der Waals surface area contributed by atoms with Gasteiger partial charge in [-0.2, -0.15) is 0 Å². The molecule has 0 aliphatic carbocycles. The Bertz CT molecular complexity index is 179. The number of piperidine rings is 1.